The number of hydrogen-bond acceptors (Lipinski definition) is 4. The molecule has 5 heteroatoms. The molecule has 2 aromatic rings. The summed E-state index contributed by atoms with van der Waals surface area (Å²) in [5.41, 5.74) is 0. The molecule has 1 unspecified atom stereocenters. The van der Waals surface area contributed by atoms with Crippen LogP contribution in [0.15, 0.2) is 24.7 Å². The van der Waals surface area contributed by atoms with Crippen molar-refractivity contribution < 1.29 is 0 Å². The Morgan fingerprint density at radius 1 is 1.44 bits per heavy atom. The highest BCUT2D eigenvalue weighted by molar-refractivity contribution is 7.11. The summed E-state index contributed by atoms with van der Waals surface area (Å²) in [5.74, 6) is 0.572. The number of nitrogens with zero attached hydrogens (tertiary/aromatic N) is 3. The normalized spacial score (nSPS) is 13.1. The number of nitrogens with one attached hydrogen (secondary N) is 1. The van der Waals surface area contributed by atoms with Crippen LogP contribution >= 0.6 is 11.3 Å². The fourth-order valence-electron chi connectivity index (χ4n) is 1.84. The van der Waals surface area contributed by atoms with Crippen molar-refractivity contribution in [1.82, 2.24) is 20.1 Å². The topological polar surface area (TPSA) is 42.7 Å². The molecule has 0 fully saturated rings. The monoisotopic (exact) mass is 264 g/mol. The highest BCUT2D eigenvalue weighted by atomic mass is 32.1. The maximum Gasteiger partial charge on any atom is 0.0897 e. The molecule has 1 atom stereocenters. The van der Waals surface area contributed by atoms with Crippen molar-refractivity contribution in [3.05, 3.63) is 34.5 Å². The van der Waals surface area contributed by atoms with Crippen LogP contribution in [0.4, 0.5) is 0 Å². The molecular weight excluding hydrogens is 244 g/mol. The van der Waals surface area contributed by atoms with Gasteiger partial charge in [-0.25, -0.2) is 4.98 Å². The van der Waals surface area contributed by atoms with Crippen LogP contribution in [0.1, 0.15) is 23.7 Å². The summed E-state index contributed by atoms with van der Waals surface area (Å²) in [4.78, 5) is 5.57. The first kappa shape index (κ1) is 13.2. The summed E-state index contributed by atoms with van der Waals surface area (Å²) < 4.78 is 1.98. The quantitative estimate of drug-likeness (QED) is 0.871. The van der Waals surface area contributed by atoms with Gasteiger partial charge in [-0.2, -0.15) is 5.10 Å². The SMILES string of the molecule is Cc1ncc(CNC(Cn2cccn2)C(C)C)s1. The molecule has 0 radical (unpaired) electrons. The molecular formula is C13H20N4S. The molecule has 0 amide bonds. The van der Waals surface area contributed by atoms with Gasteiger partial charge in [0.2, 0.25) is 0 Å². The molecule has 0 spiro atoms. The number of aryl methyl sites for hydroxylation is 1. The molecule has 4 nitrogen and oxygen atoms in total. The molecule has 98 valence electrons. The standard InChI is InChI=1S/C13H20N4S/c1-10(2)13(9-17-6-4-5-16-17)15-8-12-7-14-11(3)18-12/h4-7,10,13,15H,8-9H2,1-3H3. The fourth-order valence-corrected chi connectivity index (χ4v) is 2.59. The van der Waals surface area contributed by atoms with E-state index in [4.69, 9.17) is 0 Å². The lowest BCUT2D eigenvalue weighted by atomic mass is 10.0. The Balaban J connectivity index is 1.90. The molecule has 2 aromatic heterocycles. The summed E-state index contributed by atoms with van der Waals surface area (Å²) >= 11 is 1.75. The predicted molar refractivity (Wildman–Crippen MR) is 74.5 cm³/mol. The van der Waals surface area contributed by atoms with Gasteiger partial charge in [0.1, 0.15) is 0 Å². The lowest BCUT2D eigenvalue weighted by molar-refractivity contribution is 0.342. The Kier molecular flexibility index (Phi) is 4.49. The van der Waals surface area contributed by atoms with Gasteiger partial charge < -0.3 is 5.32 Å². The molecule has 0 saturated heterocycles. The Hall–Kier alpha value is -1.20. The van der Waals surface area contributed by atoms with Crippen molar-refractivity contribution >= 4 is 11.3 Å². The lowest BCUT2D eigenvalue weighted by Crippen LogP contribution is -2.37. The van der Waals surface area contributed by atoms with Crippen LogP contribution in [-0.4, -0.2) is 20.8 Å². The molecule has 0 saturated carbocycles. The van der Waals surface area contributed by atoms with Crippen LogP contribution in [0, 0.1) is 12.8 Å². The van der Waals surface area contributed by atoms with Gasteiger partial charge >= 0.3 is 0 Å². The van der Waals surface area contributed by atoms with E-state index in [1.165, 1.54) is 4.88 Å². The van der Waals surface area contributed by atoms with E-state index < -0.39 is 0 Å². The molecule has 0 aromatic carbocycles. The molecule has 1 N–H and O–H groups in total. The smallest absolute Gasteiger partial charge is 0.0897 e. The van der Waals surface area contributed by atoms with Crippen molar-refractivity contribution in [3.8, 4) is 0 Å². The first-order valence-electron chi connectivity index (χ1n) is 6.27. The first-order chi connectivity index (χ1) is 8.65. The van der Waals surface area contributed by atoms with E-state index >= 15 is 0 Å². The van der Waals surface area contributed by atoms with E-state index in [2.05, 4.69) is 29.2 Å². The van der Waals surface area contributed by atoms with Gasteiger partial charge in [-0.15, -0.1) is 11.3 Å². The molecule has 0 aliphatic carbocycles. The maximum atomic E-state index is 4.28. The zero-order valence-corrected chi connectivity index (χ0v) is 11.9. The average Bonchev–Trinajstić information content (AvgIpc) is 2.95. The van der Waals surface area contributed by atoms with Gasteiger partial charge in [0.25, 0.3) is 0 Å². The maximum absolute atomic E-state index is 4.28. The van der Waals surface area contributed by atoms with Gasteiger partial charge in [0, 0.05) is 36.1 Å². The summed E-state index contributed by atoms with van der Waals surface area (Å²) in [7, 11) is 0. The van der Waals surface area contributed by atoms with E-state index in [-0.39, 0.29) is 0 Å². The second-order valence-electron chi connectivity index (χ2n) is 4.81. The van der Waals surface area contributed by atoms with Gasteiger partial charge in [0.15, 0.2) is 0 Å². The lowest BCUT2D eigenvalue weighted by Gasteiger charge is -2.22. The van der Waals surface area contributed by atoms with E-state index in [1.807, 2.05) is 36.3 Å². The van der Waals surface area contributed by atoms with E-state index in [0.717, 1.165) is 18.1 Å². The molecule has 18 heavy (non-hydrogen) atoms. The summed E-state index contributed by atoms with van der Waals surface area (Å²) in [6, 6.07) is 2.39. The molecule has 0 aliphatic rings. The van der Waals surface area contributed by atoms with Gasteiger partial charge in [0.05, 0.1) is 11.6 Å². The van der Waals surface area contributed by atoms with E-state index in [1.54, 1.807) is 11.3 Å². The summed E-state index contributed by atoms with van der Waals surface area (Å²) in [6.45, 7) is 8.30. The second-order valence-corrected chi connectivity index (χ2v) is 6.12. The van der Waals surface area contributed by atoms with Crippen LogP contribution in [0.3, 0.4) is 0 Å². The van der Waals surface area contributed by atoms with Crippen LogP contribution in [0.2, 0.25) is 0 Å². The average molecular weight is 264 g/mol. The Bertz CT molecular complexity index is 461. The van der Waals surface area contributed by atoms with Crippen LogP contribution < -0.4 is 5.32 Å². The number of rotatable bonds is 6. The molecule has 0 bridgehead atoms. The Morgan fingerprint density at radius 2 is 2.28 bits per heavy atom. The zero-order chi connectivity index (χ0) is 13.0. The molecule has 0 aliphatic heterocycles. The van der Waals surface area contributed by atoms with E-state index in [9.17, 15) is 0 Å². The largest absolute Gasteiger partial charge is 0.307 e. The Labute approximate surface area is 112 Å². The number of hydrogen-bond donors (Lipinski definition) is 1. The fraction of sp³-hybridized carbons (Fsp3) is 0.538. The molecule has 2 rings (SSSR count). The summed E-state index contributed by atoms with van der Waals surface area (Å²) in [6.07, 6.45) is 5.79. The van der Waals surface area contributed by atoms with Crippen molar-refractivity contribution in [2.45, 2.75) is 39.9 Å². The first-order valence-corrected chi connectivity index (χ1v) is 7.09. The van der Waals surface area contributed by atoms with Gasteiger partial charge in [-0.05, 0) is 18.9 Å². The van der Waals surface area contributed by atoms with Crippen LogP contribution in [-0.2, 0) is 13.1 Å². The Morgan fingerprint density at radius 3 is 2.83 bits per heavy atom. The third kappa shape index (κ3) is 3.65. The highest BCUT2D eigenvalue weighted by Crippen LogP contribution is 2.12. The molecule has 2 heterocycles. The van der Waals surface area contributed by atoms with Gasteiger partial charge in [-0.3, -0.25) is 4.68 Å². The third-order valence-electron chi connectivity index (χ3n) is 2.96. The minimum atomic E-state index is 0.423. The number of aromatic nitrogens is 3. The second kappa shape index (κ2) is 6.11. The minimum absolute atomic E-state index is 0.423. The predicted octanol–water partition coefficient (Wildman–Crippen LogP) is 2.46. The minimum Gasteiger partial charge on any atom is -0.307 e. The van der Waals surface area contributed by atoms with Crippen molar-refractivity contribution in [3.63, 3.8) is 0 Å². The number of thiazole rings is 1. The van der Waals surface area contributed by atoms with Crippen molar-refractivity contribution in [1.29, 1.82) is 0 Å². The summed E-state index contributed by atoms with van der Waals surface area (Å²) in [5, 5.41) is 8.99. The third-order valence-corrected chi connectivity index (χ3v) is 3.87. The van der Waals surface area contributed by atoms with Crippen molar-refractivity contribution in [2.75, 3.05) is 0 Å². The van der Waals surface area contributed by atoms with Crippen LogP contribution in [0.25, 0.3) is 0 Å². The van der Waals surface area contributed by atoms with Crippen molar-refractivity contribution in [2.24, 2.45) is 5.92 Å². The highest BCUT2D eigenvalue weighted by Gasteiger charge is 2.14. The van der Waals surface area contributed by atoms with Crippen LogP contribution in [0.5, 0.6) is 0 Å². The zero-order valence-electron chi connectivity index (χ0n) is 11.1. The van der Waals surface area contributed by atoms with E-state index in [0.29, 0.717) is 12.0 Å². The van der Waals surface area contributed by atoms with Gasteiger partial charge in [-0.1, -0.05) is 13.8 Å².